The topological polar surface area (TPSA) is 15.3 Å². The van der Waals surface area contributed by atoms with Crippen LogP contribution in [0.1, 0.15) is 13.8 Å². The molecule has 0 saturated heterocycles. The van der Waals surface area contributed by atoms with Gasteiger partial charge >= 0.3 is 0 Å². The molecule has 0 atom stereocenters. The fourth-order valence-electron chi connectivity index (χ4n) is 2.00. The average molecular weight is 296 g/mol. The molecule has 0 spiro atoms. The van der Waals surface area contributed by atoms with Crippen molar-refractivity contribution in [2.45, 2.75) is 13.8 Å². The number of nitrogens with one attached hydrogen (secondary N) is 1. The Bertz CT molecular complexity index is 471. The van der Waals surface area contributed by atoms with Gasteiger partial charge < -0.3 is 10.2 Å². The van der Waals surface area contributed by atoms with Crippen molar-refractivity contribution in [1.82, 2.24) is 4.90 Å². The van der Waals surface area contributed by atoms with E-state index in [1.807, 2.05) is 32.8 Å². The zero-order valence-electron chi connectivity index (χ0n) is 11.8. The third kappa shape index (κ3) is 3.59. The smallest absolute Gasteiger partial charge is 0.200 e. The predicted octanol–water partition coefficient (Wildman–Crippen LogP) is 3.38. The summed E-state index contributed by atoms with van der Waals surface area (Å²) in [5.41, 5.74) is -1.41. The minimum Gasteiger partial charge on any atom is -0.380 e. The summed E-state index contributed by atoms with van der Waals surface area (Å²) in [6, 6.07) is 0. The zero-order chi connectivity index (χ0) is 15.7. The van der Waals surface area contributed by atoms with E-state index in [1.165, 1.54) is 0 Å². The monoisotopic (exact) mass is 296 g/mol. The molecule has 0 heterocycles. The van der Waals surface area contributed by atoms with Crippen LogP contribution in [0.3, 0.4) is 0 Å². The van der Waals surface area contributed by atoms with Crippen molar-refractivity contribution >= 4 is 5.69 Å². The molecule has 1 aromatic carbocycles. The Morgan fingerprint density at radius 2 is 1.25 bits per heavy atom. The van der Waals surface area contributed by atoms with Gasteiger partial charge in [-0.15, -0.1) is 0 Å². The minimum absolute atomic E-state index is 0.0591. The molecular weight excluding hydrogens is 279 g/mol. The highest BCUT2D eigenvalue weighted by Crippen LogP contribution is 2.28. The fourth-order valence-corrected chi connectivity index (χ4v) is 2.00. The molecule has 1 N–H and O–H groups in total. The summed E-state index contributed by atoms with van der Waals surface area (Å²) < 4.78 is 65.8. The maximum absolute atomic E-state index is 13.4. The van der Waals surface area contributed by atoms with Crippen molar-refractivity contribution in [3.8, 4) is 0 Å². The first-order valence-corrected chi connectivity index (χ1v) is 5.97. The lowest BCUT2D eigenvalue weighted by Gasteiger charge is -2.29. The summed E-state index contributed by atoms with van der Waals surface area (Å²) in [6.45, 7) is 4.26. The predicted molar refractivity (Wildman–Crippen MR) is 67.1 cm³/mol. The molecule has 1 rings (SSSR count). The minimum atomic E-state index is -2.15. The highest BCUT2D eigenvalue weighted by Gasteiger charge is 2.27. The van der Waals surface area contributed by atoms with Gasteiger partial charge in [-0.1, -0.05) is 13.8 Å². The van der Waals surface area contributed by atoms with Gasteiger partial charge in [-0.2, -0.15) is 0 Å². The van der Waals surface area contributed by atoms with Crippen molar-refractivity contribution in [2.24, 2.45) is 5.41 Å². The number of halogens is 5. The summed E-state index contributed by atoms with van der Waals surface area (Å²) in [4.78, 5) is 1.86. The van der Waals surface area contributed by atoms with Crippen LogP contribution in [0.4, 0.5) is 27.6 Å². The van der Waals surface area contributed by atoms with Gasteiger partial charge in [0.1, 0.15) is 5.69 Å². The van der Waals surface area contributed by atoms with E-state index < -0.39 is 40.2 Å². The molecule has 2 nitrogen and oxygen atoms in total. The molecule has 20 heavy (non-hydrogen) atoms. The number of hydrogen-bond donors (Lipinski definition) is 1. The van der Waals surface area contributed by atoms with Gasteiger partial charge in [0.2, 0.25) is 5.82 Å². The van der Waals surface area contributed by atoms with E-state index in [0.717, 1.165) is 0 Å². The molecule has 0 aliphatic carbocycles. The second-order valence-corrected chi connectivity index (χ2v) is 5.70. The van der Waals surface area contributed by atoms with Crippen LogP contribution in [0.2, 0.25) is 0 Å². The number of hydrogen-bond acceptors (Lipinski definition) is 2. The Hall–Kier alpha value is -1.37. The molecule has 0 aliphatic heterocycles. The van der Waals surface area contributed by atoms with Crippen molar-refractivity contribution in [2.75, 3.05) is 32.5 Å². The Morgan fingerprint density at radius 3 is 1.65 bits per heavy atom. The first-order valence-electron chi connectivity index (χ1n) is 5.97. The molecule has 0 radical (unpaired) electrons. The van der Waals surface area contributed by atoms with E-state index in [-0.39, 0.29) is 6.54 Å². The molecule has 1 aromatic rings. The van der Waals surface area contributed by atoms with Gasteiger partial charge in [-0.3, -0.25) is 0 Å². The SMILES string of the molecule is CN(C)CC(C)(C)CNc1c(F)c(F)c(F)c(F)c1F. The third-order valence-corrected chi connectivity index (χ3v) is 2.70. The standard InChI is InChI=1S/C13H17F5N2/c1-13(2,6-20(3)4)5-19-12-10(17)8(15)7(14)9(16)11(12)18/h19H,5-6H2,1-4H3. The van der Waals surface area contributed by atoms with Crippen LogP contribution >= 0.6 is 0 Å². The van der Waals surface area contributed by atoms with Gasteiger partial charge in [0, 0.05) is 13.1 Å². The molecule has 0 bridgehead atoms. The Kier molecular flexibility index (Phi) is 4.96. The fraction of sp³-hybridized carbons (Fsp3) is 0.538. The van der Waals surface area contributed by atoms with Crippen molar-refractivity contribution in [1.29, 1.82) is 0 Å². The highest BCUT2D eigenvalue weighted by atomic mass is 19.2. The van der Waals surface area contributed by atoms with Gasteiger partial charge in [0.25, 0.3) is 0 Å². The molecule has 0 aliphatic rings. The normalized spacial score (nSPS) is 12.1. The number of nitrogens with zero attached hydrogens (tertiary/aromatic N) is 1. The zero-order valence-corrected chi connectivity index (χ0v) is 11.8. The first kappa shape index (κ1) is 16.7. The van der Waals surface area contributed by atoms with Crippen LogP contribution < -0.4 is 5.32 Å². The molecule has 0 saturated carbocycles. The maximum Gasteiger partial charge on any atom is 0.200 e. The summed E-state index contributed by atoms with van der Waals surface area (Å²) in [7, 11) is 3.64. The van der Waals surface area contributed by atoms with Crippen LogP contribution in [0.25, 0.3) is 0 Å². The van der Waals surface area contributed by atoms with E-state index in [2.05, 4.69) is 5.32 Å². The van der Waals surface area contributed by atoms with Crippen LogP contribution in [0.15, 0.2) is 0 Å². The molecule has 0 unspecified atom stereocenters. The van der Waals surface area contributed by atoms with Crippen LogP contribution in [-0.4, -0.2) is 32.1 Å². The molecule has 0 aromatic heterocycles. The summed E-state index contributed by atoms with van der Waals surface area (Å²) in [5.74, 6) is -9.74. The molecular formula is C13H17F5N2. The van der Waals surface area contributed by atoms with Gasteiger partial charge in [-0.25, -0.2) is 22.0 Å². The average Bonchev–Trinajstić information content (AvgIpc) is 2.32. The van der Waals surface area contributed by atoms with Crippen molar-refractivity contribution in [3.05, 3.63) is 29.1 Å². The molecule has 0 amide bonds. The maximum atomic E-state index is 13.4. The van der Waals surface area contributed by atoms with Crippen molar-refractivity contribution in [3.63, 3.8) is 0 Å². The van der Waals surface area contributed by atoms with Crippen molar-refractivity contribution < 1.29 is 22.0 Å². The van der Waals surface area contributed by atoms with Gasteiger partial charge in [0.15, 0.2) is 23.3 Å². The van der Waals surface area contributed by atoms with E-state index in [4.69, 9.17) is 0 Å². The number of benzene rings is 1. The number of rotatable bonds is 5. The largest absolute Gasteiger partial charge is 0.380 e. The summed E-state index contributed by atoms with van der Waals surface area (Å²) >= 11 is 0. The lowest BCUT2D eigenvalue weighted by atomic mass is 9.93. The van der Waals surface area contributed by atoms with Gasteiger partial charge in [0.05, 0.1) is 0 Å². The Balaban J connectivity index is 3.00. The molecule has 7 heteroatoms. The number of anilines is 1. The van der Waals surface area contributed by atoms with Crippen LogP contribution in [-0.2, 0) is 0 Å². The van der Waals surface area contributed by atoms with Crippen LogP contribution in [0.5, 0.6) is 0 Å². The van der Waals surface area contributed by atoms with E-state index in [0.29, 0.717) is 6.54 Å². The first-order chi connectivity index (χ1) is 9.07. The van der Waals surface area contributed by atoms with Gasteiger partial charge in [-0.05, 0) is 19.5 Å². The van der Waals surface area contributed by atoms with E-state index in [9.17, 15) is 22.0 Å². The summed E-state index contributed by atoms with van der Waals surface area (Å²) in [6.07, 6.45) is 0. The Labute approximate surface area is 114 Å². The lowest BCUT2D eigenvalue weighted by molar-refractivity contribution is 0.253. The Morgan fingerprint density at radius 1 is 0.850 bits per heavy atom. The van der Waals surface area contributed by atoms with Crippen LogP contribution in [0, 0.1) is 34.5 Å². The second kappa shape index (κ2) is 5.95. The summed E-state index contributed by atoms with van der Waals surface area (Å²) in [5, 5.41) is 2.31. The molecule has 0 fully saturated rings. The molecule has 114 valence electrons. The van der Waals surface area contributed by atoms with E-state index >= 15 is 0 Å². The van der Waals surface area contributed by atoms with E-state index in [1.54, 1.807) is 0 Å². The lowest BCUT2D eigenvalue weighted by Crippen LogP contribution is -2.34. The second-order valence-electron chi connectivity index (χ2n) is 5.70. The quantitative estimate of drug-likeness (QED) is 0.509. The third-order valence-electron chi connectivity index (χ3n) is 2.70. The highest BCUT2D eigenvalue weighted by molar-refractivity contribution is 5.47.